The number of aromatic nitrogens is 6. The minimum absolute atomic E-state index is 0.158. The van der Waals surface area contributed by atoms with E-state index >= 15 is 0 Å². The molecule has 9 heteroatoms. The van der Waals surface area contributed by atoms with Crippen molar-refractivity contribution in [2.24, 2.45) is 5.16 Å². The number of rotatable bonds is 7. The molecule has 0 saturated heterocycles. The third-order valence-corrected chi connectivity index (χ3v) is 5.96. The topological polar surface area (TPSA) is 91.7 Å². The Kier molecular flexibility index (Phi) is 5.67. The van der Waals surface area contributed by atoms with Gasteiger partial charge < -0.3 is 14.1 Å². The molecule has 5 aromatic rings. The number of oxime groups is 1. The highest BCUT2D eigenvalue weighted by Crippen LogP contribution is 2.27. The summed E-state index contributed by atoms with van der Waals surface area (Å²) in [7, 11) is 1.64. The van der Waals surface area contributed by atoms with Gasteiger partial charge in [-0.1, -0.05) is 11.2 Å². The molecule has 0 spiro atoms. The summed E-state index contributed by atoms with van der Waals surface area (Å²) in [5, 5.41) is 9.74. The normalized spacial score (nSPS) is 11.9. The molecule has 0 unspecified atom stereocenters. The first-order chi connectivity index (χ1) is 16.5. The summed E-state index contributed by atoms with van der Waals surface area (Å²) in [4.78, 5) is 19.2. The monoisotopic (exact) mass is 455 g/mol. The molecule has 172 valence electrons. The average molecular weight is 456 g/mol. The Morgan fingerprint density at radius 3 is 2.65 bits per heavy atom. The van der Waals surface area contributed by atoms with E-state index in [0.29, 0.717) is 12.4 Å². The molecule has 0 aliphatic carbocycles. The summed E-state index contributed by atoms with van der Waals surface area (Å²) in [6.07, 6.45) is 5.35. The van der Waals surface area contributed by atoms with E-state index in [0.717, 1.165) is 50.5 Å². The molecule has 0 aliphatic heterocycles. The number of nitrogens with zero attached hydrogens (tertiary/aromatic N) is 7. The van der Waals surface area contributed by atoms with Crippen LogP contribution in [-0.2, 0) is 18.0 Å². The summed E-state index contributed by atoms with van der Waals surface area (Å²) in [5.74, 6) is 1.34. The fourth-order valence-corrected chi connectivity index (χ4v) is 3.98. The molecule has 4 heterocycles. The summed E-state index contributed by atoms with van der Waals surface area (Å²) in [5.41, 5.74) is 6.73. The smallest absolute Gasteiger partial charge is 0.192 e. The van der Waals surface area contributed by atoms with Gasteiger partial charge in [0.15, 0.2) is 18.1 Å². The van der Waals surface area contributed by atoms with Crippen LogP contribution in [-0.4, -0.2) is 42.0 Å². The Bertz CT molecular complexity index is 1490. The molecule has 0 aliphatic rings. The predicted molar refractivity (Wildman–Crippen MR) is 129 cm³/mol. The molecule has 1 aromatic carbocycles. The van der Waals surface area contributed by atoms with Gasteiger partial charge in [0.05, 0.1) is 24.8 Å². The molecule has 0 bridgehead atoms. The van der Waals surface area contributed by atoms with Crippen molar-refractivity contribution in [3.05, 3.63) is 83.3 Å². The molecule has 0 N–H and O–H groups in total. The van der Waals surface area contributed by atoms with Gasteiger partial charge in [-0.2, -0.15) is 0 Å². The predicted octanol–water partition coefficient (Wildman–Crippen LogP) is 4.09. The third kappa shape index (κ3) is 3.96. The molecule has 9 nitrogen and oxygen atoms in total. The Hall–Kier alpha value is -4.27. The average Bonchev–Trinajstić information content (AvgIpc) is 3.39. The first-order valence-electron chi connectivity index (χ1n) is 10.9. The maximum absolute atomic E-state index is 5.56. The molecule has 0 amide bonds. The molecule has 4 aromatic heterocycles. The van der Waals surface area contributed by atoms with Gasteiger partial charge in [-0.3, -0.25) is 4.98 Å². The van der Waals surface area contributed by atoms with Gasteiger partial charge in [0.1, 0.15) is 17.7 Å². The molecule has 34 heavy (non-hydrogen) atoms. The first-order valence-corrected chi connectivity index (χ1v) is 10.9. The van der Waals surface area contributed by atoms with Gasteiger partial charge in [0, 0.05) is 18.1 Å². The summed E-state index contributed by atoms with van der Waals surface area (Å²) in [6.45, 7) is 6.93. The lowest BCUT2D eigenvalue weighted by molar-refractivity contribution is 0.125. The van der Waals surface area contributed by atoms with Crippen molar-refractivity contribution < 1.29 is 9.57 Å². The Morgan fingerprint density at radius 2 is 1.91 bits per heavy atom. The van der Waals surface area contributed by atoms with Crippen LogP contribution in [0.1, 0.15) is 35.1 Å². The molecule has 0 fully saturated rings. The van der Waals surface area contributed by atoms with Crippen molar-refractivity contribution >= 4 is 22.4 Å². The van der Waals surface area contributed by atoms with Gasteiger partial charge in [0.25, 0.3) is 0 Å². The van der Waals surface area contributed by atoms with Crippen LogP contribution >= 0.6 is 0 Å². The molecule has 0 radical (unpaired) electrons. The van der Waals surface area contributed by atoms with Gasteiger partial charge in [-0.05, 0) is 67.8 Å². The van der Waals surface area contributed by atoms with Crippen LogP contribution in [0.4, 0.5) is 0 Å². The minimum atomic E-state index is 0.158. The largest absolute Gasteiger partial charge is 0.497 e. The summed E-state index contributed by atoms with van der Waals surface area (Å²) in [6, 6.07) is 11.7. The lowest BCUT2D eigenvalue weighted by atomic mass is 10.1. The number of benzene rings is 1. The number of hydrogen-bond donors (Lipinski definition) is 0. The second kappa shape index (κ2) is 8.93. The SMILES string of the molecule is COc1ccc(C(C)=NOCc2nc3c4c(C)c(C)n(Cc5cccnc5)c4ncn3n2)cc1. The Morgan fingerprint density at radius 1 is 1.09 bits per heavy atom. The van der Waals surface area contributed by atoms with Crippen LogP contribution in [0, 0.1) is 13.8 Å². The van der Waals surface area contributed by atoms with Crippen molar-refractivity contribution in [2.45, 2.75) is 33.9 Å². The van der Waals surface area contributed by atoms with Crippen LogP contribution in [0.5, 0.6) is 5.75 Å². The first kappa shape index (κ1) is 21.6. The molecule has 0 atom stereocenters. The van der Waals surface area contributed by atoms with E-state index in [1.54, 1.807) is 24.1 Å². The summed E-state index contributed by atoms with van der Waals surface area (Å²) < 4.78 is 9.08. The number of hydrogen-bond acceptors (Lipinski definition) is 7. The van der Waals surface area contributed by atoms with E-state index in [2.05, 4.69) is 44.7 Å². The fourth-order valence-electron chi connectivity index (χ4n) is 3.98. The van der Waals surface area contributed by atoms with E-state index in [4.69, 9.17) is 14.6 Å². The zero-order chi connectivity index (χ0) is 23.7. The molecular formula is C25H25N7O2. The van der Waals surface area contributed by atoms with E-state index in [-0.39, 0.29) is 6.61 Å². The second-order valence-electron chi connectivity index (χ2n) is 8.08. The molecular weight excluding hydrogens is 430 g/mol. The summed E-state index contributed by atoms with van der Waals surface area (Å²) >= 11 is 0. The van der Waals surface area contributed by atoms with Crippen molar-refractivity contribution in [3.63, 3.8) is 0 Å². The zero-order valence-electron chi connectivity index (χ0n) is 19.6. The van der Waals surface area contributed by atoms with E-state index < -0.39 is 0 Å². The maximum atomic E-state index is 5.56. The number of aryl methyl sites for hydroxylation is 1. The molecule has 5 rings (SSSR count). The van der Waals surface area contributed by atoms with Crippen LogP contribution in [0.15, 0.2) is 60.3 Å². The van der Waals surface area contributed by atoms with E-state index in [1.807, 2.05) is 43.5 Å². The number of pyridine rings is 1. The quantitative estimate of drug-likeness (QED) is 0.271. The highest BCUT2D eigenvalue weighted by atomic mass is 16.6. The van der Waals surface area contributed by atoms with Crippen molar-refractivity contribution in [3.8, 4) is 5.75 Å². The van der Waals surface area contributed by atoms with Crippen LogP contribution in [0.2, 0.25) is 0 Å². The van der Waals surface area contributed by atoms with Gasteiger partial charge in [-0.15, -0.1) is 5.10 Å². The lowest BCUT2D eigenvalue weighted by Gasteiger charge is -2.07. The second-order valence-corrected chi connectivity index (χ2v) is 8.08. The standard InChI is InChI=1S/C25H25N7O2/c1-16-18(3)31(13-19-6-5-11-26-12-19)24-23(16)25-28-22(29-32(25)15-27-24)14-34-30-17(2)20-7-9-21(33-4)10-8-20/h5-12,15H,13-14H2,1-4H3. The third-order valence-electron chi connectivity index (χ3n) is 5.96. The zero-order valence-corrected chi connectivity index (χ0v) is 19.6. The van der Waals surface area contributed by atoms with Crippen LogP contribution in [0.3, 0.4) is 0 Å². The number of fused-ring (bicyclic) bond motifs is 3. The number of ether oxygens (including phenoxy) is 1. The van der Waals surface area contributed by atoms with Crippen LogP contribution in [0.25, 0.3) is 16.7 Å². The highest BCUT2D eigenvalue weighted by molar-refractivity contribution is 5.98. The minimum Gasteiger partial charge on any atom is -0.497 e. The Balaban J connectivity index is 1.40. The van der Waals surface area contributed by atoms with Crippen molar-refractivity contribution in [1.29, 1.82) is 0 Å². The van der Waals surface area contributed by atoms with Crippen molar-refractivity contribution in [1.82, 2.24) is 29.1 Å². The van der Waals surface area contributed by atoms with Gasteiger partial charge in [0.2, 0.25) is 0 Å². The van der Waals surface area contributed by atoms with E-state index in [1.165, 1.54) is 0 Å². The molecule has 0 saturated carbocycles. The Labute approximate surface area is 196 Å². The van der Waals surface area contributed by atoms with Gasteiger partial charge >= 0.3 is 0 Å². The highest BCUT2D eigenvalue weighted by Gasteiger charge is 2.18. The van der Waals surface area contributed by atoms with E-state index in [9.17, 15) is 0 Å². The van der Waals surface area contributed by atoms with Gasteiger partial charge in [-0.25, -0.2) is 14.5 Å². The number of methoxy groups -OCH3 is 1. The fraction of sp³-hybridized carbons (Fsp3) is 0.240. The van der Waals surface area contributed by atoms with Crippen molar-refractivity contribution in [2.75, 3.05) is 7.11 Å². The lowest BCUT2D eigenvalue weighted by Crippen LogP contribution is -2.03. The maximum Gasteiger partial charge on any atom is 0.192 e. The van der Waals surface area contributed by atoms with Crippen LogP contribution < -0.4 is 4.74 Å².